The van der Waals surface area contributed by atoms with Crippen molar-refractivity contribution in [3.63, 3.8) is 0 Å². The Balaban J connectivity index is 2.00. The van der Waals surface area contributed by atoms with Crippen molar-refractivity contribution in [1.82, 2.24) is 5.32 Å². The van der Waals surface area contributed by atoms with Gasteiger partial charge >= 0.3 is 0 Å². The molecule has 0 bridgehead atoms. The third kappa shape index (κ3) is 3.14. The van der Waals surface area contributed by atoms with Gasteiger partial charge in [0.1, 0.15) is 5.76 Å². The van der Waals surface area contributed by atoms with Crippen LogP contribution in [0, 0.1) is 5.41 Å². The van der Waals surface area contributed by atoms with Crippen molar-refractivity contribution in [2.24, 2.45) is 5.41 Å². The van der Waals surface area contributed by atoms with Gasteiger partial charge in [-0.05, 0) is 53.2 Å². The second-order valence-corrected chi connectivity index (χ2v) is 6.60. The Morgan fingerprint density at radius 1 is 1.41 bits per heavy atom. The van der Waals surface area contributed by atoms with Gasteiger partial charge in [0.25, 0.3) is 0 Å². The predicted octanol–water partition coefficient (Wildman–Crippen LogP) is 4.66. The van der Waals surface area contributed by atoms with Gasteiger partial charge in [0.2, 0.25) is 0 Å². The van der Waals surface area contributed by atoms with Crippen molar-refractivity contribution in [3.8, 4) is 0 Å². The molecule has 1 aromatic heterocycles. The highest BCUT2D eigenvalue weighted by Gasteiger charge is 2.33. The zero-order valence-electron chi connectivity index (χ0n) is 10.9. The molecule has 1 aliphatic carbocycles. The Hall–Kier alpha value is -0.280. The predicted molar refractivity (Wildman–Crippen MR) is 74.0 cm³/mol. The summed E-state index contributed by atoms with van der Waals surface area (Å²) < 4.78 is 6.42. The monoisotopic (exact) mass is 299 g/mol. The van der Waals surface area contributed by atoms with E-state index in [1.807, 2.05) is 12.1 Å². The first kappa shape index (κ1) is 13.2. The van der Waals surface area contributed by atoms with Crippen LogP contribution in [0.25, 0.3) is 0 Å². The van der Waals surface area contributed by atoms with Gasteiger partial charge in [-0.1, -0.05) is 26.7 Å². The van der Waals surface area contributed by atoms with Gasteiger partial charge in [0, 0.05) is 6.04 Å². The molecule has 1 saturated carbocycles. The number of nitrogens with one attached hydrogen (secondary N) is 1. The summed E-state index contributed by atoms with van der Waals surface area (Å²) in [6.07, 6.45) is 5.31. The van der Waals surface area contributed by atoms with Gasteiger partial charge in [0.05, 0.1) is 6.04 Å². The number of furan rings is 1. The van der Waals surface area contributed by atoms with Gasteiger partial charge in [-0.2, -0.15) is 0 Å². The lowest BCUT2D eigenvalue weighted by molar-refractivity contribution is 0.153. The van der Waals surface area contributed by atoms with Crippen LogP contribution in [0.4, 0.5) is 0 Å². The lowest BCUT2D eigenvalue weighted by Gasteiger charge is -2.40. The Labute approximate surface area is 112 Å². The second-order valence-electron chi connectivity index (χ2n) is 5.82. The zero-order valence-corrected chi connectivity index (χ0v) is 12.5. The second kappa shape index (κ2) is 5.15. The smallest absolute Gasteiger partial charge is 0.169 e. The van der Waals surface area contributed by atoms with Crippen LogP contribution in [0.2, 0.25) is 0 Å². The van der Waals surface area contributed by atoms with E-state index in [0.29, 0.717) is 11.5 Å². The number of halogens is 1. The van der Waals surface area contributed by atoms with Crippen LogP contribution >= 0.6 is 15.9 Å². The fourth-order valence-corrected chi connectivity index (χ4v) is 3.07. The molecule has 1 aromatic rings. The molecular weight excluding hydrogens is 278 g/mol. The average Bonchev–Trinajstić information content (AvgIpc) is 2.68. The standard InChI is InChI=1S/C14H22BrNO/c1-10(11-7-8-13(15)17-11)16-12-6-4-5-9-14(12,2)3/h7-8,10,12,16H,4-6,9H2,1-3H3. The van der Waals surface area contributed by atoms with Gasteiger partial charge in [0.15, 0.2) is 4.67 Å². The van der Waals surface area contributed by atoms with E-state index in [0.717, 1.165) is 10.4 Å². The molecule has 96 valence electrons. The maximum Gasteiger partial charge on any atom is 0.169 e. The third-order valence-electron chi connectivity index (χ3n) is 3.98. The van der Waals surface area contributed by atoms with Crippen molar-refractivity contribution in [3.05, 3.63) is 22.6 Å². The van der Waals surface area contributed by atoms with Crippen molar-refractivity contribution in [1.29, 1.82) is 0 Å². The molecule has 17 heavy (non-hydrogen) atoms. The van der Waals surface area contributed by atoms with Crippen LogP contribution in [0.1, 0.15) is 58.3 Å². The molecule has 0 radical (unpaired) electrons. The third-order valence-corrected chi connectivity index (χ3v) is 4.41. The van der Waals surface area contributed by atoms with Crippen LogP contribution in [0.3, 0.4) is 0 Å². The molecule has 1 heterocycles. The summed E-state index contributed by atoms with van der Waals surface area (Å²) in [5.41, 5.74) is 0.399. The van der Waals surface area contributed by atoms with Crippen LogP contribution in [0.5, 0.6) is 0 Å². The van der Waals surface area contributed by atoms with Gasteiger partial charge in [-0.25, -0.2) is 0 Å². The number of rotatable bonds is 3. The Kier molecular flexibility index (Phi) is 3.99. The van der Waals surface area contributed by atoms with E-state index < -0.39 is 0 Å². The molecule has 2 rings (SSSR count). The fourth-order valence-electron chi connectivity index (χ4n) is 2.75. The molecule has 1 aliphatic rings. The molecule has 1 fully saturated rings. The number of hydrogen-bond acceptors (Lipinski definition) is 2. The Morgan fingerprint density at radius 2 is 2.18 bits per heavy atom. The van der Waals surface area contributed by atoms with E-state index in [1.54, 1.807) is 0 Å². The topological polar surface area (TPSA) is 25.2 Å². The minimum absolute atomic E-state index is 0.281. The summed E-state index contributed by atoms with van der Waals surface area (Å²) in [5.74, 6) is 1.01. The van der Waals surface area contributed by atoms with Crippen molar-refractivity contribution < 1.29 is 4.42 Å². The largest absolute Gasteiger partial charge is 0.453 e. The van der Waals surface area contributed by atoms with Gasteiger partial charge in [-0.15, -0.1) is 0 Å². The first-order chi connectivity index (χ1) is 7.99. The maximum absolute atomic E-state index is 5.61. The van der Waals surface area contributed by atoms with Crippen molar-refractivity contribution in [2.75, 3.05) is 0 Å². The maximum atomic E-state index is 5.61. The zero-order chi connectivity index (χ0) is 12.5. The molecule has 0 saturated heterocycles. The molecule has 2 nitrogen and oxygen atoms in total. The minimum Gasteiger partial charge on any atom is -0.453 e. The molecule has 0 amide bonds. The molecule has 0 spiro atoms. The van der Waals surface area contributed by atoms with E-state index in [2.05, 4.69) is 42.0 Å². The van der Waals surface area contributed by atoms with E-state index >= 15 is 0 Å². The molecular formula is C14H22BrNO. The summed E-state index contributed by atoms with van der Waals surface area (Å²) >= 11 is 3.35. The molecule has 2 unspecified atom stereocenters. The van der Waals surface area contributed by atoms with Gasteiger partial charge < -0.3 is 9.73 Å². The summed E-state index contributed by atoms with van der Waals surface area (Å²) in [7, 11) is 0. The van der Waals surface area contributed by atoms with Crippen molar-refractivity contribution >= 4 is 15.9 Å². The lowest BCUT2D eigenvalue weighted by atomic mass is 9.73. The Morgan fingerprint density at radius 3 is 2.76 bits per heavy atom. The van der Waals surface area contributed by atoms with Crippen LogP contribution in [0.15, 0.2) is 21.2 Å². The molecule has 3 heteroatoms. The van der Waals surface area contributed by atoms with Crippen LogP contribution in [-0.4, -0.2) is 6.04 Å². The first-order valence-electron chi connectivity index (χ1n) is 6.50. The van der Waals surface area contributed by atoms with E-state index in [1.165, 1.54) is 25.7 Å². The Bertz CT molecular complexity index is 372. The fraction of sp³-hybridized carbons (Fsp3) is 0.714. The van der Waals surface area contributed by atoms with Crippen LogP contribution in [-0.2, 0) is 0 Å². The molecule has 2 atom stereocenters. The molecule has 0 aliphatic heterocycles. The van der Waals surface area contributed by atoms with E-state index in [4.69, 9.17) is 4.42 Å². The highest BCUT2D eigenvalue weighted by molar-refractivity contribution is 9.10. The lowest BCUT2D eigenvalue weighted by Crippen LogP contribution is -2.45. The quantitative estimate of drug-likeness (QED) is 0.878. The van der Waals surface area contributed by atoms with Crippen molar-refractivity contribution in [2.45, 2.75) is 58.5 Å². The highest BCUT2D eigenvalue weighted by Crippen LogP contribution is 2.36. The first-order valence-corrected chi connectivity index (χ1v) is 7.29. The summed E-state index contributed by atoms with van der Waals surface area (Å²) in [5, 5.41) is 3.72. The number of hydrogen-bond donors (Lipinski definition) is 1. The molecule has 1 N–H and O–H groups in total. The molecule has 0 aromatic carbocycles. The van der Waals surface area contributed by atoms with E-state index in [-0.39, 0.29) is 6.04 Å². The minimum atomic E-state index is 0.281. The average molecular weight is 300 g/mol. The van der Waals surface area contributed by atoms with Crippen LogP contribution < -0.4 is 5.32 Å². The SMILES string of the molecule is CC(NC1CCCCC1(C)C)c1ccc(Br)o1. The summed E-state index contributed by atoms with van der Waals surface area (Å²) in [6, 6.07) is 4.87. The normalized spacial score (nSPS) is 25.8. The van der Waals surface area contributed by atoms with Gasteiger partial charge in [-0.3, -0.25) is 0 Å². The summed E-state index contributed by atoms with van der Waals surface area (Å²) in [4.78, 5) is 0. The summed E-state index contributed by atoms with van der Waals surface area (Å²) in [6.45, 7) is 6.92. The highest BCUT2D eigenvalue weighted by atomic mass is 79.9. The van der Waals surface area contributed by atoms with E-state index in [9.17, 15) is 0 Å².